The van der Waals surface area contributed by atoms with E-state index in [0.717, 1.165) is 11.1 Å². The molecule has 0 aliphatic rings. The van der Waals surface area contributed by atoms with Crippen molar-refractivity contribution in [2.75, 3.05) is 13.2 Å². The molecule has 6 nitrogen and oxygen atoms in total. The number of nitrogens with zero attached hydrogens (tertiary/aromatic N) is 1. The molecule has 2 rings (SSSR count). The van der Waals surface area contributed by atoms with E-state index in [0.29, 0.717) is 6.42 Å². The molecule has 0 saturated heterocycles. The zero-order chi connectivity index (χ0) is 18.1. The van der Waals surface area contributed by atoms with Gasteiger partial charge in [-0.3, -0.25) is 9.69 Å². The first-order chi connectivity index (χ1) is 12.1. The maximum absolute atomic E-state index is 11.8. The molecule has 2 aromatic carbocycles. The first kappa shape index (κ1) is 18.5. The van der Waals surface area contributed by atoms with E-state index in [-0.39, 0.29) is 19.8 Å². The normalized spacial score (nSPS) is 11.7. The van der Waals surface area contributed by atoms with Crippen molar-refractivity contribution >= 4 is 12.0 Å². The third-order valence-corrected chi connectivity index (χ3v) is 3.75. The Kier molecular flexibility index (Phi) is 6.98. The van der Waals surface area contributed by atoms with Gasteiger partial charge >= 0.3 is 6.09 Å². The predicted molar refractivity (Wildman–Crippen MR) is 94.0 cm³/mol. The van der Waals surface area contributed by atoms with E-state index in [9.17, 15) is 14.7 Å². The van der Waals surface area contributed by atoms with Gasteiger partial charge in [-0.1, -0.05) is 60.7 Å². The van der Waals surface area contributed by atoms with Gasteiger partial charge in [-0.05, 0) is 17.5 Å². The van der Waals surface area contributed by atoms with Crippen LogP contribution in [0.25, 0.3) is 0 Å². The quantitative estimate of drug-likeness (QED) is 0.731. The maximum atomic E-state index is 11.8. The number of rotatable bonds is 9. The van der Waals surface area contributed by atoms with Gasteiger partial charge in [0.25, 0.3) is 0 Å². The van der Waals surface area contributed by atoms with Gasteiger partial charge < -0.3 is 15.6 Å². The van der Waals surface area contributed by atoms with E-state index in [2.05, 4.69) is 0 Å². The molecule has 0 saturated carbocycles. The second kappa shape index (κ2) is 9.44. The van der Waals surface area contributed by atoms with E-state index < -0.39 is 18.0 Å². The Hall–Kier alpha value is -2.86. The Morgan fingerprint density at radius 2 is 1.56 bits per heavy atom. The van der Waals surface area contributed by atoms with Gasteiger partial charge in [0, 0.05) is 6.54 Å². The van der Waals surface area contributed by atoms with Crippen LogP contribution in [0.5, 0.6) is 0 Å². The fourth-order valence-corrected chi connectivity index (χ4v) is 2.57. The lowest BCUT2D eigenvalue weighted by Gasteiger charge is -2.29. The zero-order valence-electron chi connectivity index (χ0n) is 13.9. The molecule has 3 N–H and O–H groups in total. The van der Waals surface area contributed by atoms with Gasteiger partial charge in [-0.15, -0.1) is 0 Å². The Morgan fingerprint density at radius 3 is 2.08 bits per heavy atom. The fraction of sp³-hybridized carbons (Fsp3) is 0.263. The van der Waals surface area contributed by atoms with Gasteiger partial charge in [-0.2, -0.15) is 0 Å². The number of amides is 2. The lowest BCUT2D eigenvalue weighted by Crippen LogP contribution is -2.43. The number of nitrogens with two attached hydrogens (primary N) is 1. The zero-order valence-corrected chi connectivity index (χ0v) is 13.9. The lowest BCUT2D eigenvalue weighted by molar-refractivity contribution is -0.123. The number of carboxylic acid groups (broad SMARTS) is 1. The van der Waals surface area contributed by atoms with Crippen LogP contribution in [-0.2, 0) is 22.5 Å². The van der Waals surface area contributed by atoms with Crippen LogP contribution in [0.2, 0.25) is 0 Å². The van der Waals surface area contributed by atoms with E-state index in [1.54, 1.807) is 0 Å². The predicted octanol–water partition coefficient (Wildman–Crippen LogP) is 2.28. The smallest absolute Gasteiger partial charge is 0.407 e. The van der Waals surface area contributed by atoms with Crippen LogP contribution in [0.15, 0.2) is 60.7 Å². The van der Waals surface area contributed by atoms with Gasteiger partial charge in [0.05, 0.1) is 12.6 Å². The standard InChI is InChI=1S/C19H22N2O4/c20-18(22)14-25-13-17(11-15-7-3-1-4-8-15)21(19(23)24)12-16-9-5-2-6-10-16/h1-10,17H,11-14H2,(H2,20,22)(H,23,24). The minimum Gasteiger partial charge on any atom is -0.465 e. The third-order valence-electron chi connectivity index (χ3n) is 3.75. The molecule has 0 heterocycles. The molecule has 0 aliphatic carbocycles. The summed E-state index contributed by atoms with van der Waals surface area (Å²) in [6.07, 6.45) is -0.550. The average molecular weight is 342 g/mol. The van der Waals surface area contributed by atoms with Crippen LogP contribution in [0.4, 0.5) is 4.79 Å². The summed E-state index contributed by atoms with van der Waals surface area (Å²) >= 11 is 0. The summed E-state index contributed by atoms with van der Waals surface area (Å²) in [7, 11) is 0. The highest BCUT2D eigenvalue weighted by Crippen LogP contribution is 2.14. The van der Waals surface area contributed by atoms with E-state index >= 15 is 0 Å². The molecule has 132 valence electrons. The molecule has 0 spiro atoms. The number of primary amides is 1. The van der Waals surface area contributed by atoms with Crippen molar-refractivity contribution < 1.29 is 19.4 Å². The first-order valence-corrected chi connectivity index (χ1v) is 7.99. The molecule has 0 bridgehead atoms. The molecule has 25 heavy (non-hydrogen) atoms. The van der Waals surface area contributed by atoms with Gasteiger partial charge in [0.2, 0.25) is 5.91 Å². The Morgan fingerprint density at radius 1 is 1.00 bits per heavy atom. The largest absolute Gasteiger partial charge is 0.465 e. The molecule has 6 heteroatoms. The van der Waals surface area contributed by atoms with Crippen molar-refractivity contribution in [1.82, 2.24) is 4.90 Å². The minimum absolute atomic E-state index is 0.0942. The van der Waals surface area contributed by atoms with Crippen LogP contribution < -0.4 is 5.73 Å². The molecule has 2 aromatic rings. The maximum Gasteiger partial charge on any atom is 0.407 e. The highest BCUT2D eigenvalue weighted by Gasteiger charge is 2.24. The van der Waals surface area contributed by atoms with Gasteiger partial charge in [-0.25, -0.2) is 4.79 Å². The third kappa shape index (κ3) is 6.27. The van der Waals surface area contributed by atoms with Crippen molar-refractivity contribution in [2.45, 2.75) is 19.0 Å². The summed E-state index contributed by atoms with van der Waals surface area (Å²) in [5.74, 6) is -0.580. The van der Waals surface area contributed by atoms with E-state index in [4.69, 9.17) is 10.5 Å². The highest BCUT2D eigenvalue weighted by atomic mass is 16.5. The summed E-state index contributed by atoms with van der Waals surface area (Å²) in [5.41, 5.74) is 6.98. The highest BCUT2D eigenvalue weighted by molar-refractivity contribution is 5.75. The summed E-state index contributed by atoms with van der Waals surface area (Å²) in [4.78, 5) is 24.0. The SMILES string of the molecule is NC(=O)COCC(Cc1ccccc1)N(Cc1ccccc1)C(=O)O. The molecule has 0 radical (unpaired) electrons. The summed E-state index contributed by atoms with van der Waals surface area (Å²) in [6, 6.07) is 18.5. The van der Waals surface area contributed by atoms with Crippen molar-refractivity contribution in [3.8, 4) is 0 Å². The second-order valence-corrected chi connectivity index (χ2v) is 5.72. The van der Waals surface area contributed by atoms with Crippen LogP contribution in [0.1, 0.15) is 11.1 Å². The molecule has 1 atom stereocenters. The molecule has 1 unspecified atom stereocenters. The van der Waals surface area contributed by atoms with Gasteiger partial charge in [0.1, 0.15) is 6.61 Å². The monoisotopic (exact) mass is 342 g/mol. The molecule has 0 aromatic heterocycles. The number of ether oxygens (including phenoxy) is 1. The van der Waals surface area contributed by atoms with Crippen molar-refractivity contribution in [3.05, 3.63) is 71.8 Å². The molecular weight excluding hydrogens is 320 g/mol. The molecule has 2 amide bonds. The van der Waals surface area contributed by atoms with E-state index in [1.165, 1.54) is 4.90 Å². The number of carbonyl (C=O) groups is 2. The first-order valence-electron chi connectivity index (χ1n) is 7.99. The summed E-state index contributed by atoms with van der Waals surface area (Å²) in [5, 5.41) is 9.67. The van der Waals surface area contributed by atoms with E-state index in [1.807, 2.05) is 60.7 Å². The fourth-order valence-electron chi connectivity index (χ4n) is 2.57. The minimum atomic E-state index is -1.03. The average Bonchev–Trinajstić information content (AvgIpc) is 2.60. The van der Waals surface area contributed by atoms with Crippen LogP contribution in [-0.4, -0.2) is 41.3 Å². The Bertz CT molecular complexity index is 676. The number of hydrogen-bond donors (Lipinski definition) is 2. The molecule has 0 aliphatic heterocycles. The summed E-state index contributed by atoms with van der Waals surface area (Å²) in [6.45, 7) is 0.106. The molecular formula is C19H22N2O4. The lowest BCUT2D eigenvalue weighted by atomic mass is 10.0. The van der Waals surface area contributed by atoms with Crippen molar-refractivity contribution in [3.63, 3.8) is 0 Å². The molecule has 0 fully saturated rings. The number of benzene rings is 2. The number of hydrogen-bond acceptors (Lipinski definition) is 3. The van der Waals surface area contributed by atoms with Crippen LogP contribution in [0.3, 0.4) is 0 Å². The number of carbonyl (C=O) groups excluding carboxylic acids is 1. The Labute approximate surface area is 146 Å². The second-order valence-electron chi connectivity index (χ2n) is 5.72. The van der Waals surface area contributed by atoms with Gasteiger partial charge in [0.15, 0.2) is 0 Å². The van der Waals surface area contributed by atoms with Crippen molar-refractivity contribution in [2.24, 2.45) is 5.73 Å². The van der Waals surface area contributed by atoms with Crippen molar-refractivity contribution in [1.29, 1.82) is 0 Å². The Balaban J connectivity index is 2.16. The summed E-state index contributed by atoms with van der Waals surface area (Å²) < 4.78 is 5.32. The van der Waals surface area contributed by atoms with Crippen LogP contribution >= 0.6 is 0 Å². The topological polar surface area (TPSA) is 92.9 Å². The van der Waals surface area contributed by atoms with Crippen LogP contribution in [0, 0.1) is 0 Å².